The van der Waals surface area contributed by atoms with Gasteiger partial charge in [0, 0.05) is 18.4 Å². The minimum absolute atomic E-state index is 0.0513. The topological polar surface area (TPSA) is 88.9 Å². The van der Waals surface area contributed by atoms with Gasteiger partial charge in [-0.1, -0.05) is 18.2 Å². The number of carbonyl (C=O) groups is 2. The Labute approximate surface area is 145 Å². The second kappa shape index (κ2) is 6.95. The summed E-state index contributed by atoms with van der Waals surface area (Å²) in [5, 5.41) is 5.87. The zero-order valence-electron chi connectivity index (χ0n) is 13.2. The first-order valence-corrected chi connectivity index (χ1v) is 7.48. The number of nitrogens with one attached hydrogen (secondary N) is 1. The van der Waals surface area contributed by atoms with Gasteiger partial charge in [-0.25, -0.2) is 4.98 Å². The molecule has 1 aromatic carbocycles. The maximum Gasteiger partial charge on any atom is 0.416 e. The molecule has 0 spiro atoms. The molecular formula is C17H12F3N3O3. The summed E-state index contributed by atoms with van der Waals surface area (Å²) in [6, 6.07) is 5.16. The molecule has 2 aromatic heterocycles. The molecule has 0 aliphatic heterocycles. The van der Waals surface area contributed by atoms with E-state index >= 15 is 0 Å². The number of nitrogens with zero attached hydrogens (tertiary/aromatic N) is 2. The van der Waals surface area contributed by atoms with Crippen molar-refractivity contribution >= 4 is 11.6 Å². The Hall–Kier alpha value is -3.23. The lowest BCUT2D eigenvalue weighted by molar-refractivity contribution is -0.138. The van der Waals surface area contributed by atoms with Crippen molar-refractivity contribution in [2.45, 2.75) is 19.0 Å². The number of rotatable bonds is 6. The second-order valence-corrected chi connectivity index (χ2v) is 5.51. The molecular weight excluding hydrogens is 351 g/mol. The van der Waals surface area contributed by atoms with Gasteiger partial charge in [0.25, 0.3) is 5.78 Å². The fourth-order valence-electron chi connectivity index (χ4n) is 2.51. The van der Waals surface area contributed by atoms with Gasteiger partial charge in [0.15, 0.2) is 0 Å². The van der Waals surface area contributed by atoms with Gasteiger partial charge >= 0.3 is 6.18 Å². The molecule has 0 aliphatic carbocycles. The maximum atomic E-state index is 13.1. The normalized spacial score (nSPS) is 11.5. The van der Waals surface area contributed by atoms with Gasteiger partial charge in [0.1, 0.15) is 6.33 Å². The average molecular weight is 363 g/mol. The number of aromatic amines is 1. The molecule has 134 valence electrons. The van der Waals surface area contributed by atoms with Crippen molar-refractivity contribution in [2.75, 3.05) is 0 Å². The fraction of sp³-hybridized carbons (Fsp3) is 0.176. The third kappa shape index (κ3) is 3.71. The van der Waals surface area contributed by atoms with Gasteiger partial charge in [-0.3, -0.25) is 14.7 Å². The highest BCUT2D eigenvalue weighted by atomic mass is 19.4. The predicted molar refractivity (Wildman–Crippen MR) is 82.4 cm³/mol. The Morgan fingerprint density at radius 3 is 2.50 bits per heavy atom. The van der Waals surface area contributed by atoms with Crippen molar-refractivity contribution in [3.63, 3.8) is 0 Å². The first-order chi connectivity index (χ1) is 12.4. The van der Waals surface area contributed by atoms with E-state index in [9.17, 15) is 22.8 Å². The number of H-pyrrole nitrogens is 1. The number of Topliss-reactive ketones (excluding diaryl/α,β-unsaturated/α-hetero) is 2. The molecule has 0 bridgehead atoms. The first kappa shape index (κ1) is 17.6. The number of carbonyl (C=O) groups excluding carboxylic acids is 2. The lowest BCUT2D eigenvalue weighted by Crippen LogP contribution is -2.18. The van der Waals surface area contributed by atoms with Crippen LogP contribution in [0.2, 0.25) is 0 Å². The van der Waals surface area contributed by atoms with E-state index < -0.39 is 23.3 Å². The molecule has 6 nitrogen and oxygen atoms in total. The van der Waals surface area contributed by atoms with Crippen molar-refractivity contribution in [1.29, 1.82) is 0 Å². The number of ketones is 2. The van der Waals surface area contributed by atoms with Crippen LogP contribution in [0.1, 0.15) is 32.9 Å². The van der Waals surface area contributed by atoms with Gasteiger partial charge in [0.05, 0.1) is 18.1 Å². The molecule has 26 heavy (non-hydrogen) atoms. The van der Waals surface area contributed by atoms with Crippen LogP contribution < -0.4 is 0 Å². The van der Waals surface area contributed by atoms with Crippen LogP contribution in [0.3, 0.4) is 0 Å². The van der Waals surface area contributed by atoms with Crippen LogP contribution in [0.4, 0.5) is 13.2 Å². The van der Waals surface area contributed by atoms with Crippen LogP contribution in [0, 0.1) is 0 Å². The molecule has 3 rings (SSSR count). The highest BCUT2D eigenvalue weighted by molar-refractivity contribution is 6.43. The van der Waals surface area contributed by atoms with Crippen molar-refractivity contribution in [1.82, 2.24) is 15.2 Å². The third-order valence-electron chi connectivity index (χ3n) is 3.76. The minimum Gasteiger partial charge on any atom is -0.472 e. The molecule has 0 radical (unpaired) electrons. The Balaban J connectivity index is 1.80. The lowest BCUT2D eigenvalue weighted by atomic mass is 9.96. The third-order valence-corrected chi connectivity index (χ3v) is 3.76. The van der Waals surface area contributed by atoms with Crippen LogP contribution in [-0.4, -0.2) is 26.7 Å². The molecule has 0 fully saturated rings. The Morgan fingerprint density at radius 1 is 1.08 bits per heavy atom. The van der Waals surface area contributed by atoms with Crippen LogP contribution in [-0.2, 0) is 23.8 Å². The molecule has 0 atom stereocenters. The molecule has 0 saturated heterocycles. The number of aromatic nitrogens is 3. The van der Waals surface area contributed by atoms with E-state index in [1.54, 1.807) is 0 Å². The summed E-state index contributed by atoms with van der Waals surface area (Å²) in [4.78, 5) is 27.6. The van der Waals surface area contributed by atoms with Crippen LogP contribution in [0.5, 0.6) is 0 Å². The average Bonchev–Trinajstić information content (AvgIpc) is 3.26. The van der Waals surface area contributed by atoms with Crippen molar-refractivity contribution in [3.8, 4) is 0 Å². The number of hydrogen-bond donors (Lipinski definition) is 1. The number of halogens is 3. The van der Waals surface area contributed by atoms with Gasteiger partial charge in [-0.15, -0.1) is 5.10 Å². The summed E-state index contributed by atoms with van der Waals surface area (Å²) in [6.07, 6.45) is -1.20. The highest BCUT2D eigenvalue weighted by Crippen LogP contribution is 2.33. The summed E-state index contributed by atoms with van der Waals surface area (Å²) in [5.41, 5.74) is 0.0411. The summed E-state index contributed by atoms with van der Waals surface area (Å²) in [5.74, 6) is -1.92. The number of furan rings is 1. The van der Waals surface area contributed by atoms with E-state index in [2.05, 4.69) is 15.2 Å². The summed E-state index contributed by atoms with van der Waals surface area (Å²) < 4.78 is 44.4. The molecule has 0 aliphatic rings. The Kier molecular flexibility index (Phi) is 4.70. The molecule has 0 amide bonds. The van der Waals surface area contributed by atoms with Gasteiger partial charge in [-0.2, -0.15) is 13.2 Å². The van der Waals surface area contributed by atoms with Crippen LogP contribution >= 0.6 is 0 Å². The highest BCUT2D eigenvalue weighted by Gasteiger charge is 2.33. The van der Waals surface area contributed by atoms with Crippen LogP contribution in [0.25, 0.3) is 0 Å². The van der Waals surface area contributed by atoms with Crippen LogP contribution in [0.15, 0.2) is 47.5 Å². The van der Waals surface area contributed by atoms with Crippen molar-refractivity contribution in [3.05, 3.63) is 71.2 Å². The van der Waals surface area contributed by atoms with Crippen molar-refractivity contribution < 1.29 is 27.2 Å². The monoisotopic (exact) mass is 363 g/mol. The SMILES string of the molecule is O=C(Cc1cocc1Cc1ccccc1C(F)(F)F)C(=O)c1nc[nH]n1. The predicted octanol–water partition coefficient (Wildman–Crippen LogP) is 3.00. The zero-order valence-corrected chi connectivity index (χ0v) is 13.2. The molecule has 1 N–H and O–H groups in total. The van der Waals surface area contributed by atoms with Crippen molar-refractivity contribution in [2.24, 2.45) is 0 Å². The number of benzene rings is 1. The lowest BCUT2D eigenvalue weighted by Gasteiger charge is -2.12. The summed E-state index contributed by atoms with van der Waals surface area (Å²) in [7, 11) is 0. The molecule has 3 aromatic rings. The van der Waals surface area contributed by atoms with E-state index in [0.29, 0.717) is 11.1 Å². The van der Waals surface area contributed by atoms with Gasteiger partial charge in [-0.05, 0) is 17.2 Å². The van der Waals surface area contributed by atoms with E-state index in [1.807, 2.05) is 0 Å². The van der Waals surface area contributed by atoms with E-state index in [-0.39, 0.29) is 24.2 Å². The maximum absolute atomic E-state index is 13.1. The van der Waals surface area contributed by atoms with Gasteiger partial charge in [0.2, 0.25) is 11.6 Å². The standard InChI is InChI=1S/C17H12F3N3O3/c18-17(19,20)13-4-2-1-3-10(13)5-11-7-26-8-12(11)6-14(24)15(25)16-21-9-22-23-16/h1-4,7-9H,5-6H2,(H,21,22,23). The Bertz CT molecular complexity index is 930. The summed E-state index contributed by atoms with van der Waals surface area (Å²) in [6.45, 7) is 0. The van der Waals surface area contributed by atoms with E-state index in [4.69, 9.17) is 4.42 Å². The van der Waals surface area contributed by atoms with E-state index in [0.717, 1.165) is 12.4 Å². The minimum atomic E-state index is -4.49. The second-order valence-electron chi connectivity index (χ2n) is 5.51. The number of hydrogen-bond acceptors (Lipinski definition) is 5. The molecule has 9 heteroatoms. The number of alkyl halides is 3. The quantitative estimate of drug-likeness (QED) is 0.537. The molecule has 2 heterocycles. The first-order valence-electron chi connectivity index (χ1n) is 7.48. The molecule has 0 unspecified atom stereocenters. The van der Waals surface area contributed by atoms with E-state index in [1.165, 1.54) is 30.7 Å². The fourth-order valence-corrected chi connectivity index (χ4v) is 2.51. The zero-order chi connectivity index (χ0) is 18.7. The van der Waals surface area contributed by atoms with Gasteiger partial charge < -0.3 is 4.42 Å². The molecule has 0 saturated carbocycles. The smallest absolute Gasteiger partial charge is 0.416 e. The summed E-state index contributed by atoms with van der Waals surface area (Å²) >= 11 is 0. The largest absolute Gasteiger partial charge is 0.472 e. The Morgan fingerprint density at radius 2 is 1.81 bits per heavy atom.